The molecule has 8 nitrogen and oxygen atoms in total. The highest BCUT2D eigenvalue weighted by Gasteiger charge is 2.21. The Morgan fingerprint density at radius 3 is 2.62 bits per heavy atom. The Balaban J connectivity index is 1.26. The molecule has 1 aliphatic heterocycles. The number of fused-ring (bicyclic) bond motifs is 1. The van der Waals surface area contributed by atoms with Gasteiger partial charge in [0.15, 0.2) is 6.23 Å². The van der Waals surface area contributed by atoms with Gasteiger partial charge in [-0.15, -0.1) is 0 Å². The van der Waals surface area contributed by atoms with E-state index in [2.05, 4.69) is 10.3 Å². The summed E-state index contributed by atoms with van der Waals surface area (Å²) in [6.45, 7) is 3.10. The van der Waals surface area contributed by atoms with Crippen LogP contribution in [0.1, 0.15) is 65.2 Å². The second kappa shape index (κ2) is 12.0. The van der Waals surface area contributed by atoms with Gasteiger partial charge < -0.3 is 15.0 Å². The van der Waals surface area contributed by atoms with Gasteiger partial charge in [-0.1, -0.05) is 35.9 Å². The van der Waals surface area contributed by atoms with E-state index in [1.165, 1.54) is 0 Å². The number of amides is 2. The van der Waals surface area contributed by atoms with Gasteiger partial charge in [-0.3, -0.25) is 14.6 Å². The van der Waals surface area contributed by atoms with Gasteiger partial charge in [-0.05, 0) is 66.6 Å². The fraction of sp³-hybridized carbons (Fsp3) is 0.333. The lowest BCUT2D eigenvalue weighted by molar-refractivity contribution is -0.128. The van der Waals surface area contributed by atoms with Crippen molar-refractivity contribution >= 4 is 34.3 Å². The van der Waals surface area contributed by atoms with E-state index in [1.807, 2.05) is 53.2 Å². The zero-order valence-corrected chi connectivity index (χ0v) is 22.9. The van der Waals surface area contributed by atoms with E-state index in [0.717, 1.165) is 59.2 Å². The lowest BCUT2D eigenvalue weighted by Crippen LogP contribution is -2.24. The number of benzene rings is 2. The van der Waals surface area contributed by atoms with Crippen molar-refractivity contribution < 1.29 is 14.3 Å². The summed E-state index contributed by atoms with van der Waals surface area (Å²) in [5.74, 6) is -0.186. The molecule has 1 atom stereocenters. The van der Waals surface area contributed by atoms with Crippen LogP contribution in [0.5, 0.6) is 0 Å². The monoisotopic (exact) mass is 545 g/mol. The molecule has 0 radical (unpaired) electrons. The van der Waals surface area contributed by atoms with Crippen molar-refractivity contribution in [2.45, 2.75) is 51.9 Å². The Labute approximate surface area is 232 Å². The predicted molar refractivity (Wildman–Crippen MR) is 150 cm³/mol. The van der Waals surface area contributed by atoms with Gasteiger partial charge in [-0.2, -0.15) is 5.10 Å². The molecule has 4 aromatic rings. The van der Waals surface area contributed by atoms with Crippen LogP contribution in [0.15, 0.2) is 60.9 Å². The molecule has 3 heterocycles. The van der Waals surface area contributed by atoms with Crippen LogP contribution in [-0.4, -0.2) is 45.1 Å². The molecule has 39 heavy (non-hydrogen) atoms. The van der Waals surface area contributed by atoms with Crippen LogP contribution in [0.2, 0.25) is 5.02 Å². The van der Waals surface area contributed by atoms with E-state index in [4.69, 9.17) is 21.4 Å². The SMILES string of the molecule is CC(=O)N(C)Cc1ccc(Cc2cncc(C(=O)NCc3nn(C4CCCCO4)c4ccc(Cl)cc34)c2)cc1. The van der Waals surface area contributed by atoms with Crippen molar-refractivity contribution in [3.63, 3.8) is 0 Å². The lowest BCUT2D eigenvalue weighted by Gasteiger charge is -2.23. The summed E-state index contributed by atoms with van der Waals surface area (Å²) in [5, 5.41) is 9.33. The number of hydrogen-bond donors (Lipinski definition) is 1. The summed E-state index contributed by atoms with van der Waals surface area (Å²) in [6.07, 6.45) is 6.93. The maximum Gasteiger partial charge on any atom is 0.253 e. The molecule has 9 heteroatoms. The van der Waals surface area contributed by atoms with E-state index < -0.39 is 0 Å². The van der Waals surface area contributed by atoms with Crippen molar-refractivity contribution in [2.24, 2.45) is 0 Å². The van der Waals surface area contributed by atoms with Gasteiger partial charge in [0.1, 0.15) is 0 Å². The zero-order valence-electron chi connectivity index (χ0n) is 22.2. The van der Waals surface area contributed by atoms with Crippen molar-refractivity contribution in [1.29, 1.82) is 0 Å². The zero-order chi connectivity index (χ0) is 27.4. The minimum absolute atomic E-state index is 0.0313. The van der Waals surface area contributed by atoms with Crippen molar-refractivity contribution in [3.8, 4) is 0 Å². The number of nitrogens with zero attached hydrogens (tertiary/aromatic N) is 4. The van der Waals surface area contributed by atoms with Crippen molar-refractivity contribution in [3.05, 3.63) is 93.9 Å². The Bertz CT molecular complexity index is 1480. The van der Waals surface area contributed by atoms with Crippen LogP contribution in [0, 0.1) is 0 Å². The fourth-order valence-corrected chi connectivity index (χ4v) is 4.97. The number of carbonyl (C=O) groups excluding carboxylic acids is 2. The first-order valence-electron chi connectivity index (χ1n) is 13.2. The predicted octanol–water partition coefficient (Wildman–Crippen LogP) is 5.28. The average Bonchev–Trinajstić information content (AvgIpc) is 3.31. The molecule has 2 aromatic heterocycles. The molecule has 0 aliphatic carbocycles. The fourth-order valence-electron chi connectivity index (χ4n) is 4.80. The molecule has 1 saturated heterocycles. The Kier molecular flexibility index (Phi) is 8.24. The van der Waals surface area contributed by atoms with E-state index >= 15 is 0 Å². The number of nitrogens with one attached hydrogen (secondary N) is 1. The Hall–Kier alpha value is -3.75. The second-order valence-corrected chi connectivity index (χ2v) is 10.4. The molecule has 1 unspecified atom stereocenters. The van der Waals surface area contributed by atoms with Gasteiger partial charge in [0.05, 0.1) is 23.3 Å². The summed E-state index contributed by atoms with van der Waals surface area (Å²) >= 11 is 6.29. The first-order valence-corrected chi connectivity index (χ1v) is 13.5. The largest absolute Gasteiger partial charge is 0.356 e. The van der Waals surface area contributed by atoms with Crippen LogP contribution < -0.4 is 5.32 Å². The molecular weight excluding hydrogens is 514 g/mol. The molecule has 1 aliphatic rings. The molecule has 0 bridgehead atoms. The van der Waals surface area contributed by atoms with Crippen LogP contribution >= 0.6 is 11.6 Å². The third-order valence-electron chi connectivity index (χ3n) is 7.04. The Morgan fingerprint density at radius 1 is 1.08 bits per heavy atom. The molecule has 1 fully saturated rings. The third-order valence-corrected chi connectivity index (χ3v) is 7.27. The van der Waals surface area contributed by atoms with E-state index in [0.29, 0.717) is 23.6 Å². The maximum absolute atomic E-state index is 13.1. The summed E-state index contributed by atoms with van der Waals surface area (Å²) in [6, 6.07) is 15.7. The number of hydrogen-bond acceptors (Lipinski definition) is 5. The van der Waals surface area contributed by atoms with Crippen LogP contribution in [0.25, 0.3) is 10.9 Å². The molecule has 0 saturated carbocycles. The highest BCUT2D eigenvalue weighted by Crippen LogP contribution is 2.29. The molecule has 202 valence electrons. The van der Waals surface area contributed by atoms with E-state index in [1.54, 1.807) is 31.3 Å². The minimum Gasteiger partial charge on any atom is -0.356 e. The van der Waals surface area contributed by atoms with Gasteiger partial charge in [-0.25, -0.2) is 4.68 Å². The van der Waals surface area contributed by atoms with Crippen LogP contribution in [-0.2, 0) is 29.0 Å². The number of aromatic nitrogens is 3. The number of halogens is 1. The van der Waals surface area contributed by atoms with Crippen LogP contribution in [0.3, 0.4) is 0 Å². The topological polar surface area (TPSA) is 89.4 Å². The van der Waals surface area contributed by atoms with E-state index in [9.17, 15) is 9.59 Å². The number of pyridine rings is 1. The Morgan fingerprint density at radius 2 is 1.87 bits per heavy atom. The standard InChI is InChI=1S/C30H32ClN5O3/c1-20(37)35(2)19-22-8-6-21(7-9-22)13-23-14-24(17-32-16-23)30(38)33-18-27-26-15-25(31)10-11-28(26)36(34-27)29-5-3-4-12-39-29/h6-11,14-17,29H,3-5,12-13,18-19H2,1-2H3,(H,33,38). The van der Waals surface area contributed by atoms with Gasteiger partial charge >= 0.3 is 0 Å². The van der Waals surface area contributed by atoms with Crippen molar-refractivity contribution in [1.82, 2.24) is 25.0 Å². The normalized spacial score (nSPS) is 15.3. The molecule has 0 spiro atoms. The minimum atomic E-state index is -0.217. The number of carbonyl (C=O) groups is 2. The molecule has 2 amide bonds. The summed E-state index contributed by atoms with van der Waals surface area (Å²) in [5.41, 5.74) is 5.28. The second-order valence-electron chi connectivity index (χ2n) is 10.0. The highest BCUT2D eigenvalue weighted by atomic mass is 35.5. The maximum atomic E-state index is 13.1. The third kappa shape index (κ3) is 6.46. The van der Waals surface area contributed by atoms with Gasteiger partial charge in [0.25, 0.3) is 5.91 Å². The van der Waals surface area contributed by atoms with Crippen molar-refractivity contribution in [2.75, 3.05) is 13.7 Å². The van der Waals surface area contributed by atoms with Gasteiger partial charge in [0.2, 0.25) is 5.91 Å². The number of ether oxygens (including phenoxy) is 1. The first kappa shape index (κ1) is 26.8. The highest BCUT2D eigenvalue weighted by molar-refractivity contribution is 6.31. The van der Waals surface area contributed by atoms with Gasteiger partial charge in [0, 0.05) is 49.9 Å². The summed E-state index contributed by atoms with van der Waals surface area (Å²) < 4.78 is 7.88. The molecule has 5 rings (SSSR count). The number of rotatable bonds is 8. The lowest BCUT2D eigenvalue weighted by atomic mass is 10.0. The summed E-state index contributed by atoms with van der Waals surface area (Å²) in [7, 11) is 1.78. The molecule has 2 aromatic carbocycles. The quantitative estimate of drug-likeness (QED) is 0.325. The average molecular weight is 546 g/mol. The molecule has 1 N–H and O–H groups in total. The van der Waals surface area contributed by atoms with Crippen LogP contribution in [0.4, 0.5) is 0 Å². The first-order chi connectivity index (χ1) is 18.9. The van der Waals surface area contributed by atoms with E-state index in [-0.39, 0.29) is 24.6 Å². The summed E-state index contributed by atoms with van der Waals surface area (Å²) in [4.78, 5) is 30.5. The molecular formula is C30H32ClN5O3. The smallest absolute Gasteiger partial charge is 0.253 e.